The van der Waals surface area contributed by atoms with Gasteiger partial charge in [0.05, 0.1) is 29.7 Å². The summed E-state index contributed by atoms with van der Waals surface area (Å²) in [5.41, 5.74) is 0.369. The minimum atomic E-state index is -4.47. The zero-order chi connectivity index (χ0) is 18.6. The van der Waals surface area contributed by atoms with Gasteiger partial charge in [-0.2, -0.15) is 13.2 Å². The molecule has 0 aliphatic carbocycles. The molecule has 1 aliphatic heterocycles. The molecule has 9 heteroatoms. The molecule has 2 aromatic rings. The Labute approximate surface area is 147 Å². The number of halogens is 3. The Morgan fingerprint density at radius 3 is 2.65 bits per heavy atom. The zero-order valence-corrected chi connectivity index (χ0v) is 13.6. The quantitative estimate of drug-likeness (QED) is 0.778. The molecule has 1 aromatic heterocycles. The summed E-state index contributed by atoms with van der Waals surface area (Å²) >= 11 is 0. The van der Waals surface area contributed by atoms with Crippen LogP contribution in [0.4, 0.5) is 29.3 Å². The van der Waals surface area contributed by atoms with Crippen LogP contribution in [0.1, 0.15) is 17.4 Å². The maximum atomic E-state index is 12.7. The van der Waals surface area contributed by atoms with E-state index < -0.39 is 17.8 Å². The molecular weight excluding hydrogens is 349 g/mol. The summed E-state index contributed by atoms with van der Waals surface area (Å²) in [4.78, 5) is 16.2. The monoisotopic (exact) mass is 366 g/mol. The van der Waals surface area contributed by atoms with Gasteiger partial charge in [-0.25, -0.2) is 4.79 Å². The molecule has 1 unspecified atom stereocenters. The Morgan fingerprint density at radius 1 is 1.19 bits per heavy atom. The highest BCUT2D eigenvalue weighted by atomic mass is 19.4. The molecular formula is C17H17F3N4O2. The predicted molar refractivity (Wildman–Crippen MR) is 89.9 cm³/mol. The van der Waals surface area contributed by atoms with E-state index in [-0.39, 0.29) is 11.8 Å². The van der Waals surface area contributed by atoms with Crippen molar-refractivity contribution in [3.05, 3.63) is 53.9 Å². The number of amides is 2. The molecule has 1 saturated heterocycles. The van der Waals surface area contributed by atoms with Gasteiger partial charge < -0.3 is 20.7 Å². The lowest BCUT2D eigenvalue weighted by Crippen LogP contribution is -2.33. The first-order valence-corrected chi connectivity index (χ1v) is 7.95. The normalized spacial score (nSPS) is 17.6. The molecule has 1 aliphatic rings. The van der Waals surface area contributed by atoms with E-state index in [1.54, 1.807) is 12.1 Å². The third kappa shape index (κ3) is 4.70. The van der Waals surface area contributed by atoms with E-state index in [1.807, 2.05) is 0 Å². The number of rotatable bonds is 3. The molecule has 3 N–H and O–H groups in total. The summed E-state index contributed by atoms with van der Waals surface area (Å²) in [5, 5.41) is 8.09. The molecule has 6 nitrogen and oxygen atoms in total. The molecule has 0 saturated carbocycles. The number of alkyl halides is 3. The predicted octanol–water partition coefficient (Wildman–Crippen LogP) is 3.41. The number of benzene rings is 1. The number of urea groups is 1. The third-order valence-electron chi connectivity index (χ3n) is 3.75. The summed E-state index contributed by atoms with van der Waals surface area (Å²) in [7, 11) is 0. The lowest BCUT2D eigenvalue weighted by molar-refractivity contribution is -0.137. The Kier molecular flexibility index (Phi) is 5.38. The van der Waals surface area contributed by atoms with Crippen LogP contribution in [0.25, 0.3) is 0 Å². The molecule has 1 fully saturated rings. The molecule has 2 heterocycles. The van der Waals surface area contributed by atoms with Crippen molar-refractivity contribution in [3.8, 4) is 0 Å². The van der Waals surface area contributed by atoms with Gasteiger partial charge in [0.25, 0.3) is 0 Å². The zero-order valence-electron chi connectivity index (χ0n) is 13.6. The summed E-state index contributed by atoms with van der Waals surface area (Å²) in [6.07, 6.45) is -3.14. The van der Waals surface area contributed by atoms with Crippen LogP contribution < -0.4 is 16.0 Å². The Hall–Kier alpha value is -2.65. The molecule has 3 rings (SSSR count). The summed E-state index contributed by atoms with van der Waals surface area (Å²) in [6, 6.07) is 7.15. The molecule has 2 amide bonds. The molecule has 0 radical (unpaired) electrons. The standard InChI is InChI=1S/C17H17F3N4O2/c18-17(19,20)11-2-1-3-12(8-11)23-16(25)24-13-4-5-14(22-9-13)15-10-21-6-7-26-15/h1-5,8-9,15,21H,6-7,10H2,(H2,23,24,25). The Bertz CT molecular complexity index is 759. The van der Waals surface area contributed by atoms with Gasteiger partial charge in [-0.3, -0.25) is 4.98 Å². The van der Waals surface area contributed by atoms with Gasteiger partial charge in [0.15, 0.2) is 0 Å². The number of nitrogens with zero attached hydrogens (tertiary/aromatic N) is 1. The second kappa shape index (κ2) is 7.71. The lowest BCUT2D eigenvalue weighted by Gasteiger charge is -2.23. The van der Waals surface area contributed by atoms with Gasteiger partial charge in [-0.15, -0.1) is 0 Å². The Balaban J connectivity index is 1.59. The van der Waals surface area contributed by atoms with Gasteiger partial charge in [0, 0.05) is 18.8 Å². The number of pyridine rings is 1. The van der Waals surface area contributed by atoms with Crippen LogP contribution in [0.2, 0.25) is 0 Å². The van der Waals surface area contributed by atoms with Crippen molar-refractivity contribution in [1.29, 1.82) is 0 Å². The number of ether oxygens (including phenoxy) is 1. The second-order valence-electron chi connectivity index (χ2n) is 5.69. The number of carbonyl (C=O) groups excluding carboxylic acids is 1. The average Bonchev–Trinajstić information content (AvgIpc) is 2.62. The highest BCUT2D eigenvalue weighted by molar-refractivity contribution is 5.99. The SMILES string of the molecule is O=C(Nc1ccc(C2CNCCO2)nc1)Nc1cccc(C(F)(F)F)c1. The minimum absolute atomic E-state index is 0.0450. The van der Waals surface area contributed by atoms with Crippen LogP contribution in [0, 0.1) is 0 Å². The van der Waals surface area contributed by atoms with E-state index >= 15 is 0 Å². The van der Waals surface area contributed by atoms with Crippen LogP contribution in [0.15, 0.2) is 42.6 Å². The average molecular weight is 366 g/mol. The van der Waals surface area contributed by atoms with Gasteiger partial charge in [-0.1, -0.05) is 6.07 Å². The van der Waals surface area contributed by atoms with Crippen molar-refractivity contribution in [2.45, 2.75) is 12.3 Å². The number of hydrogen-bond donors (Lipinski definition) is 3. The molecule has 0 bridgehead atoms. The third-order valence-corrected chi connectivity index (χ3v) is 3.75. The van der Waals surface area contributed by atoms with E-state index in [2.05, 4.69) is 20.9 Å². The first-order chi connectivity index (χ1) is 12.4. The van der Waals surface area contributed by atoms with Crippen molar-refractivity contribution >= 4 is 17.4 Å². The second-order valence-corrected chi connectivity index (χ2v) is 5.69. The number of carbonyl (C=O) groups is 1. The van der Waals surface area contributed by atoms with E-state index in [4.69, 9.17) is 4.74 Å². The van der Waals surface area contributed by atoms with Crippen LogP contribution in [-0.4, -0.2) is 30.7 Å². The van der Waals surface area contributed by atoms with Crippen LogP contribution >= 0.6 is 0 Å². The van der Waals surface area contributed by atoms with Crippen LogP contribution in [-0.2, 0) is 10.9 Å². The summed E-state index contributed by atoms with van der Waals surface area (Å²) in [6.45, 7) is 2.06. The highest BCUT2D eigenvalue weighted by Crippen LogP contribution is 2.30. The fourth-order valence-corrected chi connectivity index (χ4v) is 2.49. The van der Waals surface area contributed by atoms with Crippen molar-refractivity contribution in [2.24, 2.45) is 0 Å². The van der Waals surface area contributed by atoms with Crippen molar-refractivity contribution in [1.82, 2.24) is 10.3 Å². The number of morpholine rings is 1. The largest absolute Gasteiger partial charge is 0.416 e. The molecule has 1 atom stereocenters. The number of aromatic nitrogens is 1. The highest BCUT2D eigenvalue weighted by Gasteiger charge is 2.30. The molecule has 1 aromatic carbocycles. The van der Waals surface area contributed by atoms with Gasteiger partial charge >= 0.3 is 12.2 Å². The molecule has 0 spiro atoms. The topological polar surface area (TPSA) is 75.3 Å². The molecule has 26 heavy (non-hydrogen) atoms. The van der Waals surface area contributed by atoms with E-state index in [0.29, 0.717) is 18.8 Å². The first kappa shape index (κ1) is 18.2. The number of anilines is 2. The van der Waals surface area contributed by atoms with E-state index in [9.17, 15) is 18.0 Å². The van der Waals surface area contributed by atoms with Crippen LogP contribution in [0.5, 0.6) is 0 Å². The maximum absolute atomic E-state index is 12.7. The maximum Gasteiger partial charge on any atom is 0.416 e. The lowest BCUT2D eigenvalue weighted by atomic mass is 10.2. The van der Waals surface area contributed by atoms with E-state index in [0.717, 1.165) is 24.4 Å². The number of hydrogen-bond acceptors (Lipinski definition) is 4. The number of nitrogens with one attached hydrogen (secondary N) is 3. The summed E-state index contributed by atoms with van der Waals surface area (Å²) < 4.78 is 43.7. The first-order valence-electron chi connectivity index (χ1n) is 7.95. The van der Waals surface area contributed by atoms with Crippen molar-refractivity contribution in [2.75, 3.05) is 30.3 Å². The molecule has 138 valence electrons. The van der Waals surface area contributed by atoms with Crippen LogP contribution in [0.3, 0.4) is 0 Å². The minimum Gasteiger partial charge on any atom is -0.369 e. The van der Waals surface area contributed by atoms with Gasteiger partial charge in [0.2, 0.25) is 0 Å². The van der Waals surface area contributed by atoms with Gasteiger partial charge in [-0.05, 0) is 30.3 Å². The Morgan fingerprint density at radius 2 is 2.00 bits per heavy atom. The van der Waals surface area contributed by atoms with E-state index in [1.165, 1.54) is 18.3 Å². The van der Waals surface area contributed by atoms with Crippen molar-refractivity contribution in [3.63, 3.8) is 0 Å². The summed E-state index contributed by atoms with van der Waals surface area (Å²) in [5.74, 6) is 0. The van der Waals surface area contributed by atoms with Crippen molar-refractivity contribution < 1.29 is 22.7 Å². The smallest absolute Gasteiger partial charge is 0.369 e. The van der Waals surface area contributed by atoms with Gasteiger partial charge in [0.1, 0.15) is 6.10 Å². The fraction of sp³-hybridized carbons (Fsp3) is 0.294. The fourth-order valence-electron chi connectivity index (χ4n) is 2.49.